The van der Waals surface area contributed by atoms with Gasteiger partial charge in [0.25, 0.3) is 0 Å². The van der Waals surface area contributed by atoms with E-state index in [-0.39, 0.29) is 0 Å². The van der Waals surface area contributed by atoms with E-state index in [1.165, 1.54) is 58.0 Å². The lowest BCUT2D eigenvalue weighted by Gasteiger charge is -2.25. The number of unbranched alkanes of at least 4 members (excludes halogenated alkanes) is 2. The first-order chi connectivity index (χ1) is 7.14. The highest BCUT2D eigenvalue weighted by atomic mass is 14.9. The summed E-state index contributed by atoms with van der Waals surface area (Å²) in [7, 11) is 0. The van der Waals surface area contributed by atoms with Gasteiger partial charge in [0, 0.05) is 6.54 Å². The van der Waals surface area contributed by atoms with Crippen molar-refractivity contribution < 1.29 is 0 Å². The number of rotatable bonds is 9. The molecule has 0 aromatic carbocycles. The topological polar surface area (TPSA) is 12.0 Å². The monoisotopic (exact) mass is 211 g/mol. The SMILES string of the molecule is CCCCCC(C)(C)CNCCC1CC1. The minimum Gasteiger partial charge on any atom is -0.316 e. The van der Waals surface area contributed by atoms with Crippen molar-refractivity contribution in [1.82, 2.24) is 5.32 Å². The van der Waals surface area contributed by atoms with Crippen LogP contribution in [0, 0.1) is 11.3 Å². The molecule has 0 amide bonds. The highest BCUT2D eigenvalue weighted by molar-refractivity contribution is 4.76. The van der Waals surface area contributed by atoms with Gasteiger partial charge >= 0.3 is 0 Å². The van der Waals surface area contributed by atoms with E-state index >= 15 is 0 Å². The molecule has 0 heterocycles. The molecule has 15 heavy (non-hydrogen) atoms. The Morgan fingerprint density at radius 2 is 1.93 bits per heavy atom. The molecule has 0 bridgehead atoms. The first-order valence-corrected chi connectivity index (χ1v) is 6.85. The summed E-state index contributed by atoms with van der Waals surface area (Å²) in [4.78, 5) is 0. The van der Waals surface area contributed by atoms with Crippen molar-refractivity contribution in [2.75, 3.05) is 13.1 Å². The molecule has 0 atom stereocenters. The molecule has 0 radical (unpaired) electrons. The summed E-state index contributed by atoms with van der Waals surface area (Å²) < 4.78 is 0. The summed E-state index contributed by atoms with van der Waals surface area (Å²) >= 11 is 0. The quantitative estimate of drug-likeness (QED) is 0.569. The van der Waals surface area contributed by atoms with Gasteiger partial charge in [0.1, 0.15) is 0 Å². The minimum atomic E-state index is 0.499. The number of hydrogen-bond donors (Lipinski definition) is 1. The zero-order valence-electron chi connectivity index (χ0n) is 10.9. The molecule has 1 heteroatoms. The summed E-state index contributed by atoms with van der Waals surface area (Å²) in [5, 5.41) is 3.62. The Labute approximate surface area is 96.0 Å². The highest BCUT2D eigenvalue weighted by Crippen LogP contribution is 2.31. The first kappa shape index (κ1) is 13.0. The van der Waals surface area contributed by atoms with Crippen LogP contribution in [0.25, 0.3) is 0 Å². The zero-order valence-corrected chi connectivity index (χ0v) is 10.9. The summed E-state index contributed by atoms with van der Waals surface area (Å²) in [6.07, 6.45) is 9.88. The first-order valence-electron chi connectivity index (χ1n) is 6.85. The fraction of sp³-hybridized carbons (Fsp3) is 1.00. The lowest BCUT2D eigenvalue weighted by molar-refractivity contribution is 0.301. The fourth-order valence-electron chi connectivity index (χ4n) is 2.08. The van der Waals surface area contributed by atoms with Gasteiger partial charge in [-0.05, 0) is 30.7 Å². The van der Waals surface area contributed by atoms with Crippen molar-refractivity contribution in [2.45, 2.75) is 65.7 Å². The molecule has 0 unspecified atom stereocenters. The van der Waals surface area contributed by atoms with Gasteiger partial charge in [-0.25, -0.2) is 0 Å². The van der Waals surface area contributed by atoms with Crippen LogP contribution in [0.15, 0.2) is 0 Å². The molecule has 90 valence electrons. The van der Waals surface area contributed by atoms with Gasteiger partial charge in [0.05, 0.1) is 0 Å². The van der Waals surface area contributed by atoms with E-state index in [1.54, 1.807) is 0 Å². The fourth-order valence-corrected chi connectivity index (χ4v) is 2.08. The minimum absolute atomic E-state index is 0.499. The summed E-state index contributed by atoms with van der Waals surface area (Å²) in [5.41, 5.74) is 0.499. The van der Waals surface area contributed by atoms with Gasteiger partial charge < -0.3 is 5.32 Å². The summed E-state index contributed by atoms with van der Waals surface area (Å²) in [5.74, 6) is 1.07. The smallest absolute Gasteiger partial charge is 0.000252 e. The average molecular weight is 211 g/mol. The molecule has 0 aromatic heterocycles. The van der Waals surface area contributed by atoms with Crippen LogP contribution in [0.2, 0.25) is 0 Å². The summed E-state index contributed by atoms with van der Waals surface area (Å²) in [6.45, 7) is 9.51. The molecule has 0 aromatic rings. The van der Waals surface area contributed by atoms with Crippen molar-refractivity contribution in [1.29, 1.82) is 0 Å². The maximum Gasteiger partial charge on any atom is 0.000252 e. The lowest BCUT2D eigenvalue weighted by atomic mass is 9.87. The third-order valence-electron chi connectivity index (χ3n) is 3.49. The molecule has 1 aliphatic rings. The Hall–Kier alpha value is -0.0400. The van der Waals surface area contributed by atoms with Crippen molar-refractivity contribution in [2.24, 2.45) is 11.3 Å². The molecule has 1 fully saturated rings. The summed E-state index contributed by atoms with van der Waals surface area (Å²) in [6, 6.07) is 0. The van der Waals surface area contributed by atoms with E-state index < -0.39 is 0 Å². The van der Waals surface area contributed by atoms with Gasteiger partial charge in [-0.1, -0.05) is 52.9 Å². The van der Waals surface area contributed by atoms with Gasteiger partial charge in [-0.3, -0.25) is 0 Å². The van der Waals surface area contributed by atoms with Crippen molar-refractivity contribution >= 4 is 0 Å². The van der Waals surface area contributed by atoms with E-state index in [2.05, 4.69) is 26.1 Å². The Balaban J connectivity index is 1.95. The molecule has 0 saturated heterocycles. The van der Waals surface area contributed by atoms with Crippen molar-refractivity contribution in [3.63, 3.8) is 0 Å². The van der Waals surface area contributed by atoms with Crippen molar-refractivity contribution in [3.8, 4) is 0 Å². The van der Waals surface area contributed by atoms with Gasteiger partial charge in [-0.15, -0.1) is 0 Å². The van der Waals surface area contributed by atoms with Crippen LogP contribution in [-0.2, 0) is 0 Å². The molecule has 0 aliphatic heterocycles. The van der Waals surface area contributed by atoms with Crippen molar-refractivity contribution in [3.05, 3.63) is 0 Å². The van der Waals surface area contributed by atoms with Crippen LogP contribution in [0.4, 0.5) is 0 Å². The third kappa shape index (κ3) is 6.94. The molecule has 0 spiro atoms. The molecule has 1 saturated carbocycles. The van der Waals surface area contributed by atoms with Crippen LogP contribution >= 0.6 is 0 Å². The van der Waals surface area contributed by atoms with Gasteiger partial charge in [0.15, 0.2) is 0 Å². The van der Waals surface area contributed by atoms with E-state index in [0.717, 1.165) is 5.92 Å². The Morgan fingerprint density at radius 3 is 2.53 bits per heavy atom. The second-order valence-corrected chi connectivity index (χ2v) is 6.03. The maximum atomic E-state index is 3.62. The van der Waals surface area contributed by atoms with Crippen LogP contribution < -0.4 is 5.32 Å². The van der Waals surface area contributed by atoms with E-state index in [0.29, 0.717) is 5.41 Å². The molecule has 1 nitrogen and oxygen atoms in total. The van der Waals surface area contributed by atoms with E-state index in [1.807, 2.05) is 0 Å². The number of hydrogen-bond acceptors (Lipinski definition) is 1. The predicted octanol–water partition coefficient (Wildman–Crippen LogP) is 3.98. The Kier molecular flexibility index (Phi) is 5.66. The van der Waals surface area contributed by atoms with Crippen LogP contribution in [0.1, 0.15) is 65.7 Å². The average Bonchev–Trinajstić information content (AvgIpc) is 2.96. The maximum absolute atomic E-state index is 3.62. The Bertz CT molecular complexity index is 159. The Morgan fingerprint density at radius 1 is 1.20 bits per heavy atom. The number of nitrogens with one attached hydrogen (secondary N) is 1. The standard InChI is InChI=1S/C14H29N/c1-4-5-6-10-14(2,3)12-15-11-9-13-7-8-13/h13,15H,4-12H2,1-3H3. The molecule has 1 N–H and O–H groups in total. The lowest BCUT2D eigenvalue weighted by Crippen LogP contribution is -2.30. The van der Waals surface area contributed by atoms with E-state index in [9.17, 15) is 0 Å². The molecular formula is C14H29N. The largest absolute Gasteiger partial charge is 0.316 e. The second kappa shape index (κ2) is 6.52. The van der Waals surface area contributed by atoms with Gasteiger partial charge in [0.2, 0.25) is 0 Å². The third-order valence-corrected chi connectivity index (χ3v) is 3.49. The predicted molar refractivity (Wildman–Crippen MR) is 68.1 cm³/mol. The molecular weight excluding hydrogens is 182 g/mol. The normalized spacial score (nSPS) is 17.0. The molecule has 1 rings (SSSR count). The van der Waals surface area contributed by atoms with Crippen LogP contribution in [0.3, 0.4) is 0 Å². The second-order valence-electron chi connectivity index (χ2n) is 6.03. The van der Waals surface area contributed by atoms with E-state index in [4.69, 9.17) is 0 Å². The zero-order chi connectivity index (χ0) is 11.1. The molecule has 1 aliphatic carbocycles. The van der Waals surface area contributed by atoms with Crippen LogP contribution in [-0.4, -0.2) is 13.1 Å². The highest BCUT2D eigenvalue weighted by Gasteiger charge is 2.21. The van der Waals surface area contributed by atoms with Crippen LogP contribution in [0.5, 0.6) is 0 Å². The van der Waals surface area contributed by atoms with Gasteiger partial charge in [-0.2, -0.15) is 0 Å².